The molecule has 2 nitrogen and oxygen atoms in total. The fraction of sp³-hybridized carbons (Fsp3) is 0.375. The van der Waals surface area contributed by atoms with Gasteiger partial charge in [0.2, 0.25) is 0 Å². The van der Waals surface area contributed by atoms with E-state index in [0.717, 1.165) is 37.0 Å². The predicted octanol–water partition coefficient (Wildman–Crippen LogP) is 4.20. The van der Waals surface area contributed by atoms with Crippen molar-refractivity contribution in [2.24, 2.45) is 0 Å². The number of rotatable bonds is 3. The van der Waals surface area contributed by atoms with Gasteiger partial charge in [0.15, 0.2) is 0 Å². The van der Waals surface area contributed by atoms with Gasteiger partial charge in [0.25, 0.3) is 0 Å². The molecule has 1 aliphatic heterocycles. The van der Waals surface area contributed by atoms with E-state index < -0.39 is 0 Å². The average Bonchev–Trinajstić information content (AvgIpc) is 3.02. The molecule has 4 heteroatoms. The number of halogens is 2. The molecule has 1 saturated heterocycles. The molecule has 20 heavy (non-hydrogen) atoms. The smallest absolute Gasteiger partial charge is 0.128 e. The molecule has 1 aliphatic rings. The second-order valence-electron chi connectivity index (χ2n) is 5.31. The van der Waals surface area contributed by atoms with Gasteiger partial charge in [-0.05, 0) is 56.6 Å². The van der Waals surface area contributed by atoms with Crippen LogP contribution in [-0.4, -0.2) is 11.4 Å². The summed E-state index contributed by atoms with van der Waals surface area (Å²) in [6.45, 7) is 3.41. The van der Waals surface area contributed by atoms with Gasteiger partial charge >= 0.3 is 0 Å². The van der Waals surface area contributed by atoms with E-state index in [1.807, 2.05) is 19.1 Å². The molecule has 0 radical (unpaired) electrons. The van der Waals surface area contributed by atoms with Crippen LogP contribution < -0.4 is 0 Å². The van der Waals surface area contributed by atoms with Gasteiger partial charge in [-0.1, -0.05) is 0 Å². The molecule has 2 aromatic rings. The van der Waals surface area contributed by atoms with Gasteiger partial charge in [-0.25, -0.2) is 8.78 Å². The van der Waals surface area contributed by atoms with Gasteiger partial charge in [0.05, 0.1) is 6.54 Å². The number of aryl methyl sites for hydroxylation is 1. The summed E-state index contributed by atoms with van der Waals surface area (Å²) in [5, 5.41) is 0. The highest BCUT2D eigenvalue weighted by molar-refractivity contribution is 5.23. The van der Waals surface area contributed by atoms with Crippen LogP contribution in [0.1, 0.15) is 36.0 Å². The highest BCUT2D eigenvalue weighted by Gasteiger charge is 2.29. The third-order valence-corrected chi connectivity index (χ3v) is 3.84. The highest BCUT2D eigenvalue weighted by atomic mass is 19.1. The predicted molar refractivity (Wildman–Crippen MR) is 72.2 cm³/mol. The monoisotopic (exact) mass is 277 g/mol. The molecule has 0 N–H and O–H groups in total. The summed E-state index contributed by atoms with van der Waals surface area (Å²) < 4.78 is 32.8. The Kier molecular flexibility index (Phi) is 3.57. The largest absolute Gasteiger partial charge is 0.465 e. The minimum Gasteiger partial charge on any atom is -0.465 e. The minimum absolute atomic E-state index is 0.0730. The molecule has 1 aromatic carbocycles. The lowest BCUT2D eigenvalue weighted by Gasteiger charge is -2.24. The maximum Gasteiger partial charge on any atom is 0.128 e. The molecular weight excluding hydrogens is 260 g/mol. The minimum atomic E-state index is -0.387. The van der Waals surface area contributed by atoms with Crippen molar-refractivity contribution in [2.75, 3.05) is 6.54 Å². The Balaban J connectivity index is 1.83. The molecule has 0 aliphatic carbocycles. The third-order valence-electron chi connectivity index (χ3n) is 3.84. The quantitative estimate of drug-likeness (QED) is 0.836. The Hall–Kier alpha value is -1.68. The SMILES string of the molecule is Cc1ccc(CN2CCC[C@@H]2c2cc(F)ccc2F)o1. The molecule has 106 valence electrons. The van der Waals surface area contributed by atoms with Crippen LogP contribution in [0.3, 0.4) is 0 Å². The van der Waals surface area contributed by atoms with Crippen molar-refractivity contribution in [3.63, 3.8) is 0 Å². The van der Waals surface area contributed by atoms with Crippen LogP contribution in [0.15, 0.2) is 34.7 Å². The van der Waals surface area contributed by atoms with Crippen LogP contribution in [0.25, 0.3) is 0 Å². The first-order chi connectivity index (χ1) is 9.63. The number of likely N-dealkylation sites (tertiary alicyclic amines) is 1. The average molecular weight is 277 g/mol. The van der Waals surface area contributed by atoms with Crippen LogP contribution in [0.2, 0.25) is 0 Å². The zero-order valence-electron chi connectivity index (χ0n) is 11.4. The summed E-state index contributed by atoms with van der Waals surface area (Å²) in [5.41, 5.74) is 0.450. The standard InChI is InChI=1S/C16H17F2NO/c1-11-4-6-13(20-11)10-19-8-2-3-16(19)14-9-12(17)5-7-15(14)18/h4-7,9,16H,2-3,8,10H2,1H3/t16-/m1/s1. The highest BCUT2D eigenvalue weighted by Crippen LogP contribution is 2.34. The van der Waals surface area contributed by atoms with Crippen molar-refractivity contribution < 1.29 is 13.2 Å². The summed E-state index contributed by atoms with van der Waals surface area (Å²) >= 11 is 0. The first-order valence-electron chi connectivity index (χ1n) is 6.88. The van der Waals surface area contributed by atoms with Crippen LogP contribution >= 0.6 is 0 Å². The summed E-state index contributed by atoms with van der Waals surface area (Å²) in [4.78, 5) is 2.15. The van der Waals surface area contributed by atoms with E-state index >= 15 is 0 Å². The molecule has 0 unspecified atom stereocenters. The van der Waals surface area contributed by atoms with Crippen molar-refractivity contribution in [1.82, 2.24) is 4.90 Å². The topological polar surface area (TPSA) is 16.4 Å². The van der Waals surface area contributed by atoms with E-state index in [4.69, 9.17) is 4.42 Å². The van der Waals surface area contributed by atoms with Crippen molar-refractivity contribution in [2.45, 2.75) is 32.4 Å². The fourth-order valence-electron chi connectivity index (χ4n) is 2.91. The zero-order valence-corrected chi connectivity index (χ0v) is 11.4. The van der Waals surface area contributed by atoms with Crippen molar-refractivity contribution in [3.8, 4) is 0 Å². The first kappa shape index (κ1) is 13.3. The van der Waals surface area contributed by atoms with Gasteiger partial charge in [-0.3, -0.25) is 4.90 Å². The molecule has 3 rings (SSSR count). The van der Waals surface area contributed by atoms with Gasteiger partial charge in [0, 0.05) is 11.6 Å². The molecule has 0 amide bonds. The summed E-state index contributed by atoms with van der Waals surface area (Å²) in [5.74, 6) is 1.01. The number of furan rings is 1. The summed E-state index contributed by atoms with van der Waals surface area (Å²) in [7, 11) is 0. The number of benzene rings is 1. The Morgan fingerprint density at radius 1 is 1.25 bits per heavy atom. The third kappa shape index (κ3) is 2.61. The maximum atomic E-state index is 13.9. The van der Waals surface area contributed by atoms with E-state index in [-0.39, 0.29) is 17.7 Å². The van der Waals surface area contributed by atoms with Crippen LogP contribution in [0.4, 0.5) is 8.78 Å². The first-order valence-corrected chi connectivity index (χ1v) is 6.88. The number of hydrogen-bond donors (Lipinski definition) is 0. The lowest BCUT2D eigenvalue weighted by atomic mass is 10.0. The molecule has 2 heterocycles. The van der Waals surface area contributed by atoms with Gasteiger partial charge < -0.3 is 4.42 Å². The Bertz CT molecular complexity index is 608. The lowest BCUT2D eigenvalue weighted by molar-refractivity contribution is 0.222. The normalized spacial score (nSPS) is 19.6. The maximum absolute atomic E-state index is 13.9. The van der Waals surface area contributed by atoms with Crippen LogP contribution in [0, 0.1) is 18.6 Å². The molecule has 1 aromatic heterocycles. The van der Waals surface area contributed by atoms with Crippen molar-refractivity contribution in [1.29, 1.82) is 0 Å². The van der Waals surface area contributed by atoms with E-state index in [2.05, 4.69) is 4.90 Å². The molecule has 0 spiro atoms. The molecular formula is C16H17F2NO. The van der Waals surface area contributed by atoms with Crippen molar-refractivity contribution >= 4 is 0 Å². The van der Waals surface area contributed by atoms with Gasteiger partial charge in [-0.15, -0.1) is 0 Å². The second kappa shape index (κ2) is 5.37. The number of nitrogens with zero attached hydrogens (tertiary/aromatic N) is 1. The Morgan fingerprint density at radius 2 is 2.10 bits per heavy atom. The zero-order chi connectivity index (χ0) is 14.1. The lowest BCUT2D eigenvalue weighted by Crippen LogP contribution is -2.23. The number of hydrogen-bond acceptors (Lipinski definition) is 2. The summed E-state index contributed by atoms with van der Waals surface area (Å²) in [6.07, 6.45) is 1.83. The van der Waals surface area contributed by atoms with E-state index in [1.54, 1.807) is 0 Å². The van der Waals surface area contributed by atoms with Gasteiger partial charge in [-0.2, -0.15) is 0 Å². The van der Waals surface area contributed by atoms with E-state index in [0.29, 0.717) is 12.1 Å². The van der Waals surface area contributed by atoms with Crippen LogP contribution in [0.5, 0.6) is 0 Å². The van der Waals surface area contributed by atoms with Crippen molar-refractivity contribution in [3.05, 3.63) is 59.1 Å². The second-order valence-corrected chi connectivity index (χ2v) is 5.31. The molecule has 1 fully saturated rings. The molecule has 0 bridgehead atoms. The van der Waals surface area contributed by atoms with E-state index in [1.165, 1.54) is 12.1 Å². The van der Waals surface area contributed by atoms with E-state index in [9.17, 15) is 8.78 Å². The molecule has 0 saturated carbocycles. The molecule has 1 atom stereocenters. The Labute approximate surface area is 117 Å². The van der Waals surface area contributed by atoms with Gasteiger partial charge in [0.1, 0.15) is 23.2 Å². The summed E-state index contributed by atoms with van der Waals surface area (Å²) in [6, 6.07) is 7.46. The van der Waals surface area contributed by atoms with Crippen LogP contribution in [-0.2, 0) is 6.54 Å². The Morgan fingerprint density at radius 3 is 2.85 bits per heavy atom. The fourth-order valence-corrected chi connectivity index (χ4v) is 2.91.